The fourth-order valence-corrected chi connectivity index (χ4v) is 1.94. The fourth-order valence-electron chi connectivity index (χ4n) is 1.94. The van der Waals surface area contributed by atoms with E-state index in [1.165, 1.54) is 32.4 Å². The molecule has 1 aliphatic heterocycles. The molecule has 94 valence electrons. The van der Waals surface area contributed by atoms with Gasteiger partial charge in [0.15, 0.2) is 0 Å². The Bertz CT molecular complexity index is 198. The van der Waals surface area contributed by atoms with Crippen molar-refractivity contribution in [2.45, 2.75) is 51.7 Å². The van der Waals surface area contributed by atoms with Crippen molar-refractivity contribution in [1.82, 2.24) is 10.2 Å². The molecule has 0 bridgehead atoms. The van der Waals surface area contributed by atoms with Crippen LogP contribution in [0.3, 0.4) is 0 Å². The molecule has 1 aliphatic rings. The molecule has 1 heterocycles. The van der Waals surface area contributed by atoms with Crippen molar-refractivity contribution in [1.29, 1.82) is 0 Å². The zero-order valence-electron chi connectivity index (χ0n) is 10.7. The summed E-state index contributed by atoms with van der Waals surface area (Å²) in [7, 11) is 0. The van der Waals surface area contributed by atoms with E-state index < -0.39 is 0 Å². The van der Waals surface area contributed by atoms with Gasteiger partial charge >= 0.3 is 0 Å². The number of aliphatic hydroxyl groups is 1. The molecule has 0 spiro atoms. The van der Waals surface area contributed by atoms with E-state index in [0.717, 1.165) is 6.42 Å². The third-order valence-electron chi connectivity index (χ3n) is 2.96. The number of hydrogen-bond acceptors (Lipinski definition) is 3. The largest absolute Gasteiger partial charge is 0.392 e. The average Bonchev–Trinajstić information content (AvgIpc) is 2.28. The summed E-state index contributed by atoms with van der Waals surface area (Å²) in [5, 5.41) is 12.4. The van der Waals surface area contributed by atoms with Crippen molar-refractivity contribution >= 4 is 0 Å². The molecular weight excluding hydrogens is 200 g/mol. The summed E-state index contributed by atoms with van der Waals surface area (Å²) in [4.78, 5) is 2.41. The second kappa shape index (κ2) is 7.69. The van der Waals surface area contributed by atoms with Crippen molar-refractivity contribution in [2.24, 2.45) is 0 Å². The maximum Gasteiger partial charge on any atom is 0.0636 e. The van der Waals surface area contributed by atoms with Crippen LogP contribution in [0.25, 0.3) is 0 Å². The van der Waals surface area contributed by atoms with Crippen LogP contribution in [-0.4, -0.2) is 41.8 Å². The molecule has 1 fully saturated rings. The Kier molecular flexibility index (Phi) is 6.50. The first-order valence-electron chi connectivity index (χ1n) is 6.50. The maximum absolute atomic E-state index is 9.14. The molecule has 0 aromatic heterocycles. The first kappa shape index (κ1) is 13.5. The van der Waals surface area contributed by atoms with Gasteiger partial charge in [-0.1, -0.05) is 6.08 Å². The van der Waals surface area contributed by atoms with Gasteiger partial charge in [0.25, 0.3) is 0 Å². The van der Waals surface area contributed by atoms with Crippen LogP contribution >= 0.6 is 0 Å². The van der Waals surface area contributed by atoms with E-state index in [9.17, 15) is 0 Å². The van der Waals surface area contributed by atoms with Gasteiger partial charge < -0.3 is 15.3 Å². The third-order valence-corrected chi connectivity index (χ3v) is 2.96. The average molecular weight is 226 g/mol. The zero-order valence-corrected chi connectivity index (χ0v) is 10.7. The van der Waals surface area contributed by atoms with Gasteiger partial charge in [-0.25, -0.2) is 0 Å². The molecule has 3 heteroatoms. The Morgan fingerprint density at radius 3 is 2.56 bits per heavy atom. The first-order valence-corrected chi connectivity index (χ1v) is 6.50. The second-order valence-corrected chi connectivity index (χ2v) is 4.88. The Balaban J connectivity index is 2.09. The molecule has 0 saturated carbocycles. The van der Waals surface area contributed by atoms with Crippen molar-refractivity contribution in [3.8, 4) is 0 Å². The van der Waals surface area contributed by atoms with Gasteiger partial charge in [-0.15, -0.1) is 0 Å². The predicted molar refractivity (Wildman–Crippen MR) is 68.3 cm³/mol. The van der Waals surface area contributed by atoms with Gasteiger partial charge in [-0.3, -0.25) is 0 Å². The van der Waals surface area contributed by atoms with Gasteiger partial charge in [0, 0.05) is 25.7 Å². The van der Waals surface area contributed by atoms with Gasteiger partial charge in [-0.2, -0.15) is 0 Å². The second-order valence-electron chi connectivity index (χ2n) is 4.88. The maximum atomic E-state index is 9.14. The highest BCUT2D eigenvalue weighted by molar-refractivity contribution is 4.86. The number of rotatable bonds is 6. The highest BCUT2D eigenvalue weighted by atomic mass is 16.3. The first-order chi connectivity index (χ1) is 7.68. The lowest BCUT2D eigenvalue weighted by molar-refractivity contribution is 0.187. The summed E-state index contributed by atoms with van der Waals surface area (Å²) in [5.74, 6) is 0. The summed E-state index contributed by atoms with van der Waals surface area (Å²) in [6.45, 7) is 7.07. The van der Waals surface area contributed by atoms with E-state index >= 15 is 0 Å². The zero-order chi connectivity index (χ0) is 11.8. The predicted octanol–water partition coefficient (Wildman–Crippen LogP) is 1.73. The quantitative estimate of drug-likeness (QED) is 0.724. The molecule has 2 atom stereocenters. The fraction of sp³-hybridized carbons (Fsp3) is 0.846. The molecule has 1 saturated heterocycles. The third kappa shape index (κ3) is 6.13. The topological polar surface area (TPSA) is 35.5 Å². The van der Waals surface area contributed by atoms with Gasteiger partial charge in [0.05, 0.1) is 6.10 Å². The molecule has 2 N–H and O–H groups in total. The lowest BCUT2D eigenvalue weighted by Crippen LogP contribution is -2.32. The van der Waals surface area contributed by atoms with E-state index in [-0.39, 0.29) is 6.10 Å². The van der Waals surface area contributed by atoms with Crippen molar-refractivity contribution < 1.29 is 5.11 Å². The van der Waals surface area contributed by atoms with Gasteiger partial charge in [0.1, 0.15) is 0 Å². The van der Waals surface area contributed by atoms with Crippen molar-refractivity contribution in [3.63, 3.8) is 0 Å². The highest BCUT2D eigenvalue weighted by Crippen LogP contribution is 2.09. The van der Waals surface area contributed by atoms with Crippen LogP contribution in [-0.2, 0) is 0 Å². The summed E-state index contributed by atoms with van der Waals surface area (Å²) in [5.41, 5.74) is 0. The molecule has 3 nitrogen and oxygen atoms in total. The van der Waals surface area contributed by atoms with Crippen LogP contribution in [0.15, 0.2) is 12.3 Å². The van der Waals surface area contributed by atoms with Crippen LogP contribution in [0.4, 0.5) is 0 Å². The smallest absolute Gasteiger partial charge is 0.0636 e. The minimum atomic E-state index is -0.256. The molecular formula is C13H26N2O. The van der Waals surface area contributed by atoms with E-state index in [1.807, 2.05) is 6.92 Å². The summed E-state index contributed by atoms with van der Waals surface area (Å²) in [6.07, 6.45) is 9.30. The normalized spacial score (nSPS) is 21.3. The van der Waals surface area contributed by atoms with E-state index in [1.54, 1.807) is 0 Å². The van der Waals surface area contributed by atoms with Gasteiger partial charge in [0.2, 0.25) is 0 Å². The van der Waals surface area contributed by atoms with E-state index in [2.05, 4.69) is 29.4 Å². The number of nitrogens with zero attached hydrogens (tertiary/aromatic N) is 1. The van der Waals surface area contributed by atoms with Crippen molar-refractivity contribution in [3.05, 3.63) is 12.3 Å². The monoisotopic (exact) mass is 226 g/mol. The molecule has 16 heavy (non-hydrogen) atoms. The standard InChI is InChI=1S/C13H26N2O/c1-12(14-11-13(2)16)7-6-10-15-8-4-3-5-9-15/h6,10,12-14,16H,3-5,7-9,11H2,1-2H3/t12?,13-/m1/s1. The molecule has 0 amide bonds. The molecule has 0 aromatic carbocycles. The lowest BCUT2D eigenvalue weighted by atomic mass is 10.1. The van der Waals surface area contributed by atoms with Crippen LogP contribution < -0.4 is 5.32 Å². The van der Waals surface area contributed by atoms with Gasteiger partial charge in [-0.05, 0) is 45.7 Å². The van der Waals surface area contributed by atoms with Crippen LogP contribution in [0.1, 0.15) is 39.5 Å². The Morgan fingerprint density at radius 2 is 1.94 bits per heavy atom. The molecule has 0 aliphatic carbocycles. The lowest BCUT2D eigenvalue weighted by Gasteiger charge is -2.25. The Labute approximate surface area is 99.5 Å². The summed E-state index contributed by atoms with van der Waals surface area (Å²) >= 11 is 0. The van der Waals surface area contributed by atoms with Crippen molar-refractivity contribution in [2.75, 3.05) is 19.6 Å². The minimum Gasteiger partial charge on any atom is -0.392 e. The number of aliphatic hydroxyl groups excluding tert-OH is 1. The number of piperidine rings is 1. The number of likely N-dealkylation sites (tertiary alicyclic amines) is 1. The van der Waals surface area contributed by atoms with E-state index in [0.29, 0.717) is 12.6 Å². The molecule has 0 radical (unpaired) electrons. The van der Waals surface area contributed by atoms with E-state index in [4.69, 9.17) is 5.11 Å². The number of hydrogen-bond donors (Lipinski definition) is 2. The van der Waals surface area contributed by atoms with Crippen LogP contribution in [0, 0.1) is 0 Å². The number of nitrogens with one attached hydrogen (secondary N) is 1. The Hall–Kier alpha value is -0.540. The molecule has 1 unspecified atom stereocenters. The highest BCUT2D eigenvalue weighted by Gasteiger charge is 2.05. The van der Waals surface area contributed by atoms with Crippen LogP contribution in [0.5, 0.6) is 0 Å². The summed E-state index contributed by atoms with van der Waals surface area (Å²) in [6, 6.07) is 0.440. The van der Waals surface area contributed by atoms with Crippen LogP contribution in [0.2, 0.25) is 0 Å². The SMILES string of the molecule is CC(CC=CN1CCCCC1)NC[C@@H](C)O. The molecule has 1 rings (SSSR count). The minimum absolute atomic E-state index is 0.256. The summed E-state index contributed by atoms with van der Waals surface area (Å²) < 4.78 is 0. The molecule has 0 aromatic rings. The Morgan fingerprint density at radius 1 is 1.25 bits per heavy atom.